The molecule has 0 aliphatic carbocycles. The van der Waals surface area contributed by atoms with Gasteiger partial charge in [0, 0.05) is 12.8 Å². The Bertz CT molecular complexity index is 197. The fourth-order valence-electron chi connectivity index (χ4n) is 0.607. The molecule has 2 N–H and O–H groups in total. The van der Waals surface area contributed by atoms with Gasteiger partial charge in [-0.2, -0.15) is 0 Å². The smallest absolute Gasteiger partial charge is 0.130 e. The summed E-state index contributed by atoms with van der Waals surface area (Å²) in [6.45, 7) is 2.99. The van der Waals surface area contributed by atoms with Crippen LogP contribution in [0.2, 0.25) is 0 Å². The lowest BCUT2D eigenvalue weighted by molar-refractivity contribution is -0.116. The number of oxime groups is 1. The maximum Gasteiger partial charge on any atom is 0.130 e. The van der Waals surface area contributed by atoms with Gasteiger partial charge in [-0.25, -0.2) is 0 Å². The molecule has 0 saturated carbocycles. The van der Waals surface area contributed by atoms with Gasteiger partial charge >= 0.3 is 0 Å². The normalized spacial score (nSPS) is 11.3. The summed E-state index contributed by atoms with van der Waals surface area (Å²) in [7, 11) is 0. The highest BCUT2D eigenvalue weighted by Crippen LogP contribution is 1.95. The third-order valence-electron chi connectivity index (χ3n) is 1.27. The van der Waals surface area contributed by atoms with Gasteiger partial charge in [0.15, 0.2) is 0 Å². The first-order chi connectivity index (χ1) is 5.07. The Morgan fingerprint density at radius 3 is 2.27 bits per heavy atom. The molecule has 4 nitrogen and oxygen atoms in total. The number of carbonyl (C=O) groups is 1. The SMILES string of the molecule is CC(=N)/C(CCC(C)=O)=N\O. The molecular formula is C7H12N2O2. The van der Waals surface area contributed by atoms with Crippen LogP contribution in [-0.4, -0.2) is 22.4 Å². The van der Waals surface area contributed by atoms with Crippen LogP contribution in [0.25, 0.3) is 0 Å². The third kappa shape index (κ3) is 4.25. The fourth-order valence-corrected chi connectivity index (χ4v) is 0.607. The lowest BCUT2D eigenvalue weighted by atomic mass is 10.1. The van der Waals surface area contributed by atoms with Crippen molar-refractivity contribution in [2.24, 2.45) is 5.16 Å². The van der Waals surface area contributed by atoms with Crippen molar-refractivity contribution in [1.82, 2.24) is 0 Å². The van der Waals surface area contributed by atoms with Crippen LogP contribution in [0.3, 0.4) is 0 Å². The summed E-state index contributed by atoms with van der Waals surface area (Å²) >= 11 is 0. The largest absolute Gasteiger partial charge is 0.411 e. The predicted molar refractivity (Wildman–Crippen MR) is 42.5 cm³/mol. The second-order valence-electron chi connectivity index (χ2n) is 2.37. The highest BCUT2D eigenvalue weighted by molar-refractivity contribution is 6.40. The Morgan fingerprint density at radius 2 is 2.00 bits per heavy atom. The summed E-state index contributed by atoms with van der Waals surface area (Å²) in [6, 6.07) is 0. The average molecular weight is 156 g/mol. The fraction of sp³-hybridized carbons (Fsp3) is 0.571. The van der Waals surface area contributed by atoms with E-state index in [-0.39, 0.29) is 17.2 Å². The maximum absolute atomic E-state index is 10.5. The van der Waals surface area contributed by atoms with E-state index in [1.54, 1.807) is 0 Å². The molecule has 0 radical (unpaired) electrons. The molecule has 0 spiro atoms. The van der Waals surface area contributed by atoms with Crippen LogP contribution in [0, 0.1) is 5.41 Å². The van der Waals surface area contributed by atoms with E-state index in [4.69, 9.17) is 10.6 Å². The molecule has 0 aliphatic heterocycles. The number of ketones is 1. The second kappa shape index (κ2) is 4.60. The van der Waals surface area contributed by atoms with Crippen LogP contribution in [-0.2, 0) is 4.79 Å². The van der Waals surface area contributed by atoms with Crippen LogP contribution < -0.4 is 0 Å². The Morgan fingerprint density at radius 1 is 1.45 bits per heavy atom. The molecule has 0 atom stereocenters. The molecule has 0 saturated heterocycles. The van der Waals surface area contributed by atoms with Crippen molar-refractivity contribution < 1.29 is 10.0 Å². The number of nitrogens with one attached hydrogen (secondary N) is 1. The molecule has 0 amide bonds. The minimum absolute atomic E-state index is 0.0346. The molecule has 0 aromatic carbocycles. The van der Waals surface area contributed by atoms with Crippen molar-refractivity contribution in [2.75, 3.05) is 0 Å². The first kappa shape index (κ1) is 9.81. The summed E-state index contributed by atoms with van der Waals surface area (Å²) in [5.41, 5.74) is 0.481. The number of nitrogens with zero attached hydrogens (tertiary/aromatic N) is 1. The lowest BCUT2D eigenvalue weighted by Gasteiger charge is -1.98. The van der Waals surface area contributed by atoms with Crippen LogP contribution in [0.5, 0.6) is 0 Å². The Kier molecular flexibility index (Phi) is 4.10. The van der Waals surface area contributed by atoms with Gasteiger partial charge < -0.3 is 15.4 Å². The molecule has 62 valence electrons. The molecule has 0 heterocycles. The van der Waals surface area contributed by atoms with Gasteiger partial charge in [0.1, 0.15) is 11.5 Å². The minimum atomic E-state index is 0.0346. The van der Waals surface area contributed by atoms with E-state index < -0.39 is 0 Å². The quantitative estimate of drug-likeness (QED) is 0.365. The highest BCUT2D eigenvalue weighted by atomic mass is 16.4. The molecule has 0 fully saturated rings. The van der Waals surface area contributed by atoms with Crippen molar-refractivity contribution in [3.63, 3.8) is 0 Å². The first-order valence-corrected chi connectivity index (χ1v) is 3.33. The number of hydrogen-bond acceptors (Lipinski definition) is 4. The van der Waals surface area contributed by atoms with E-state index in [1.807, 2.05) is 0 Å². The minimum Gasteiger partial charge on any atom is -0.411 e. The van der Waals surface area contributed by atoms with Crippen molar-refractivity contribution in [3.8, 4) is 0 Å². The number of rotatable bonds is 4. The molecule has 0 aromatic rings. The standard InChI is InChI=1S/C7H12N2O2/c1-5(10)3-4-7(9-11)6(2)8/h8,11H,3-4H2,1-2H3/b8-6?,9-7-. The summed E-state index contributed by atoms with van der Waals surface area (Å²) in [4.78, 5) is 10.5. The van der Waals surface area contributed by atoms with Crippen LogP contribution in [0.15, 0.2) is 5.16 Å². The molecule has 11 heavy (non-hydrogen) atoms. The van der Waals surface area contributed by atoms with Gasteiger partial charge in [-0.05, 0) is 13.8 Å². The van der Waals surface area contributed by atoms with E-state index in [0.29, 0.717) is 12.8 Å². The number of carbonyl (C=O) groups excluding carboxylic acids is 1. The zero-order valence-electron chi connectivity index (χ0n) is 6.72. The van der Waals surface area contributed by atoms with E-state index in [0.717, 1.165) is 0 Å². The van der Waals surface area contributed by atoms with Gasteiger partial charge in [0.2, 0.25) is 0 Å². The molecule has 0 aliphatic rings. The zero-order valence-corrected chi connectivity index (χ0v) is 6.72. The van der Waals surface area contributed by atoms with Gasteiger partial charge in [-0.1, -0.05) is 5.16 Å². The third-order valence-corrected chi connectivity index (χ3v) is 1.27. The highest BCUT2D eigenvalue weighted by Gasteiger charge is 2.03. The van der Waals surface area contributed by atoms with Crippen molar-refractivity contribution >= 4 is 17.2 Å². The molecular weight excluding hydrogens is 144 g/mol. The average Bonchev–Trinajstić information content (AvgIpc) is 1.87. The van der Waals surface area contributed by atoms with Crippen molar-refractivity contribution in [1.29, 1.82) is 5.41 Å². The Labute approximate surface area is 65.4 Å². The van der Waals surface area contributed by atoms with Gasteiger partial charge in [0.25, 0.3) is 0 Å². The molecule has 0 aromatic heterocycles. The van der Waals surface area contributed by atoms with Gasteiger partial charge in [-0.15, -0.1) is 0 Å². The van der Waals surface area contributed by atoms with Crippen LogP contribution >= 0.6 is 0 Å². The Balaban J connectivity index is 3.92. The molecule has 0 unspecified atom stereocenters. The van der Waals surface area contributed by atoms with E-state index in [1.165, 1.54) is 13.8 Å². The van der Waals surface area contributed by atoms with Crippen LogP contribution in [0.1, 0.15) is 26.7 Å². The molecule has 0 bridgehead atoms. The van der Waals surface area contributed by atoms with Gasteiger partial charge in [-0.3, -0.25) is 0 Å². The predicted octanol–water partition coefficient (Wildman–Crippen LogP) is 1.23. The van der Waals surface area contributed by atoms with Gasteiger partial charge in [0.05, 0.1) is 5.71 Å². The first-order valence-electron chi connectivity index (χ1n) is 3.33. The second-order valence-corrected chi connectivity index (χ2v) is 2.37. The summed E-state index contributed by atoms with van der Waals surface area (Å²) in [5.74, 6) is 0.0346. The topological polar surface area (TPSA) is 73.5 Å². The summed E-state index contributed by atoms with van der Waals surface area (Å²) < 4.78 is 0. The monoisotopic (exact) mass is 156 g/mol. The molecule has 0 rings (SSSR count). The van der Waals surface area contributed by atoms with Crippen molar-refractivity contribution in [3.05, 3.63) is 0 Å². The zero-order chi connectivity index (χ0) is 8.85. The van der Waals surface area contributed by atoms with Crippen LogP contribution in [0.4, 0.5) is 0 Å². The number of hydrogen-bond donors (Lipinski definition) is 2. The van der Waals surface area contributed by atoms with E-state index in [2.05, 4.69) is 5.16 Å². The number of Topliss-reactive ketones (excluding diaryl/α,β-unsaturated/α-hetero) is 1. The summed E-state index contributed by atoms with van der Waals surface area (Å²) in [6.07, 6.45) is 0.677. The maximum atomic E-state index is 10.5. The Hall–Kier alpha value is -1.19. The lowest BCUT2D eigenvalue weighted by Crippen LogP contribution is -2.10. The van der Waals surface area contributed by atoms with Crippen molar-refractivity contribution in [2.45, 2.75) is 26.7 Å². The summed E-state index contributed by atoms with van der Waals surface area (Å²) in [5, 5.41) is 18.3. The molecule has 4 heteroatoms. The van der Waals surface area contributed by atoms with E-state index >= 15 is 0 Å². The van der Waals surface area contributed by atoms with E-state index in [9.17, 15) is 4.79 Å².